The Labute approximate surface area is 234 Å². The molecule has 1 unspecified atom stereocenters. The summed E-state index contributed by atoms with van der Waals surface area (Å²) in [5.41, 5.74) is 2.81. The van der Waals surface area contributed by atoms with Crippen LogP contribution in [0.1, 0.15) is 16.7 Å². The van der Waals surface area contributed by atoms with Crippen molar-refractivity contribution in [3.8, 4) is 5.75 Å². The summed E-state index contributed by atoms with van der Waals surface area (Å²) >= 11 is 1.45. The first-order valence-electron chi connectivity index (χ1n) is 12.5. The van der Waals surface area contributed by atoms with Crippen molar-refractivity contribution in [2.75, 3.05) is 11.1 Å². The zero-order valence-corrected chi connectivity index (χ0v) is 22.3. The number of anilines is 1. The van der Waals surface area contributed by atoms with Crippen LogP contribution in [0, 0.1) is 17.0 Å². The van der Waals surface area contributed by atoms with E-state index in [1.807, 2.05) is 43.3 Å². The molecule has 0 radical (unpaired) electrons. The molecule has 10 nitrogen and oxygen atoms in total. The van der Waals surface area contributed by atoms with E-state index in [0.717, 1.165) is 11.1 Å². The lowest BCUT2D eigenvalue weighted by atomic mass is 10.1. The Morgan fingerprint density at radius 3 is 2.52 bits per heavy atom. The molecular formula is C29H25N3O7S. The van der Waals surface area contributed by atoms with E-state index >= 15 is 0 Å². The molecule has 3 aromatic carbocycles. The van der Waals surface area contributed by atoms with E-state index in [2.05, 4.69) is 5.32 Å². The summed E-state index contributed by atoms with van der Waals surface area (Å²) in [6, 6.07) is 20.4. The smallest absolute Gasteiger partial charge is 0.355 e. The number of rotatable bonds is 9. The number of nitro groups is 1. The number of fused-ring (bicyclic) bond motifs is 1. The third-order valence-corrected chi connectivity index (χ3v) is 7.64. The van der Waals surface area contributed by atoms with Gasteiger partial charge in [-0.3, -0.25) is 24.6 Å². The largest absolute Gasteiger partial charge is 0.475 e. The molecule has 5 rings (SSSR count). The molecule has 2 atom stereocenters. The minimum Gasteiger partial charge on any atom is -0.475 e. The number of benzene rings is 3. The first kappa shape index (κ1) is 26.9. The van der Waals surface area contributed by atoms with Gasteiger partial charge in [-0.15, -0.1) is 11.8 Å². The zero-order chi connectivity index (χ0) is 28.2. The van der Waals surface area contributed by atoms with E-state index in [-0.39, 0.29) is 36.2 Å². The van der Waals surface area contributed by atoms with Crippen molar-refractivity contribution in [1.82, 2.24) is 4.90 Å². The number of amides is 2. The van der Waals surface area contributed by atoms with Crippen molar-refractivity contribution >= 4 is 40.9 Å². The van der Waals surface area contributed by atoms with Gasteiger partial charge in [0.15, 0.2) is 0 Å². The molecule has 2 aliphatic heterocycles. The van der Waals surface area contributed by atoms with Crippen LogP contribution < -0.4 is 10.1 Å². The second-order valence-corrected chi connectivity index (χ2v) is 10.4. The number of carbonyl (C=O) groups excluding carboxylic acids is 3. The number of esters is 1. The number of β-lactam (4-membered cyclic amide) rings is 1. The zero-order valence-electron chi connectivity index (χ0n) is 21.4. The number of aryl methyl sites for hydroxylation is 1. The van der Waals surface area contributed by atoms with Crippen molar-refractivity contribution in [3.05, 3.63) is 111 Å². The molecular weight excluding hydrogens is 534 g/mol. The molecule has 2 heterocycles. The van der Waals surface area contributed by atoms with Crippen LogP contribution in [0.3, 0.4) is 0 Å². The monoisotopic (exact) mass is 559 g/mol. The van der Waals surface area contributed by atoms with E-state index < -0.39 is 22.4 Å². The molecule has 40 heavy (non-hydrogen) atoms. The molecule has 0 saturated carbocycles. The second kappa shape index (κ2) is 11.6. The number of non-ortho nitro benzene ring substituents is 1. The summed E-state index contributed by atoms with van der Waals surface area (Å²) in [7, 11) is 0. The molecule has 11 heteroatoms. The van der Waals surface area contributed by atoms with Crippen LogP contribution >= 0.6 is 11.8 Å². The number of thioether (sulfide) groups is 1. The molecule has 2 amide bonds. The van der Waals surface area contributed by atoms with Crippen molar-refractivity contribution in [2.45, 2.75) is 31.4 Å². The molecule has 0 bridgehead atoms. The highest BCUT2D eigenvalue weighted by Crippen LogP contribution is 2.41. The van der Waals surface area contributed by atoms with E-state index in [0.29, 0.717) is 22.8 Å². The highest BCUT2D eigenvalue weighted by Gasteiger charge is 2.54. The number of hydrogen-bond donors (Lipinski definition) is 1. The number of para-hydroxylation sites is 1. The van der Waals surface area contributed by atoms with Crippen molar-refractivity contribution < 1.29 is 28.8 Å². The fraction of sp³-hybridized carbons (Fsp3) is 0.207. The van der Waals surface area contributed by atoms with Gasteiger partial charge in [0.05, 0.1) is 17.0 Å². The average Bonchev–Trinajstić information content (AvgIpc) is 2.96. The Morgan fingerprint density at radius 2 is 1.80 bits per heavy atom. The Morgan fingerprint density at radius 1 is 1.05 bits per heavy atom. The summed E-state index contributed by atoms with van der Waals surface area (Å²) in [5, 5.41) is 13.3. The summed E-state index contributed by atoms with van der Waals surface area (Å²) in [5.74, 6) is -0.416. The number of hydrogen-bond acceptors (Lipinski definition) is 8. The van der Waals surface area contributed by atoms with Gasteiger partial charge in [0.2, 0.25) is 12.0 Å². The fourth-order valence-electron chi connectivity index (χ4n) is 4.41. The summed E-state index contributed by atoms with van der Waals surface area (Å²) < 4.78 is 11.5. The van der Waals surface area contributed by atoms with Gasteiger partial charge in [-0.2, -0.15) is 0 Å². The Balaban J connectivity index is 1.23. The summed E-state index contributed by atoms with van der Waals surface area (Å²) in [6.07, 6.45) is 0.983. The topological polar surface area (TPSA) is 128 Å². The lowest BCUT2D eigenvalue weighted by Crippen LogP contribution is -2.66. The Bertz CT molecular complexity index is 1490. The maximum Gasteiger partial charge on any atom is 0.355 e. The van der Waals surface area contributed by atoms with Gasteiger partial charge in [-0.05, 0) is 47.9 Å². The average molecular weight is 560 g/mol. The van der Waals surface area contributed by atoms with Crippen LogP contribution in [0.2, 0.25) is 0 Å². The molecule has 0 aromatic heterocycles. The number of carbonyl (C=O) groups is 3. The standard InChI is InChI=1S/C29H25N3O7S/c1-18-6-5-9-23(25(18)30-24(33)16-19-7-3-2-4-8-19)39-26-27(34)31-22(14-15-40-28(26)31)29(35)38-17-20-10-12-21(13-11-20)32(36)37/h2-14,26,28H,15-17H2,1H3,(H,30,33)/t26?,28-/m1/s1. The van der Waals surface area contributed by atoms with E-state index in [1.165, 1.54) is 40.9 Å². The third kappa shape index (κ3) is 5.69. The first-order chi connectivity index (χ1) is 19.3. The molecule has 1 saturated heterocycles. The highest BCUT2D eigenvalue weighted by molar-refractivity contribution is 8.00. The minimum absolute atomic E-state index is 0.0605. The van der Waals surface area contributed by atoms with Gasteiger partial charge in [0.1, 0.15) is 23.4 Å². The van der Waals surface area contributed by atoms with Crippen LogP contribution in [0.5, 0.6) is 5.75 Å². The number of nitrogens with one attached hydrogen (secondary N) is 1. The van der Waals surface area contributed by atoms with Gasteiger partial charge in [-0.25, -0.2) is 4.79 Å². The van der Waals surface area contributed by atoms with E-state index in [9.17, 15) is 24.5 Å². The number of nitrogens with zero attached hydrogens (tertiary/aromatic N) is 2. The van der Waals surface area contributed by atoms with Crippen LogP contribution in [-0.2, 0) is 32.1 Å². The summed E-state index contributed by atoms with van der Waals surface area (Å²) in [6.45, 7) is 1.75. The molecule has 0 spiro atoms. The van der Waals surface area contributed by atoms with Gasteiger partial charge in [-0.1, -0.05) is 42.5 Å². The lowest BCUT2D eigenvalue weighted by molar-refractivity contribution is -0.384. The number of ether oxygens (including phenoxy) is 2. The Hall–Kier alpha value is -4.64. The van der Waals surface area contributed by atoms with Crippen LogP contribution in [-0.4, -0.2) is 44.8 Å². The van der Waals surface area contributed by atoms with Crippen LogP contribution in [0.25, 0.3) is 0 Å². The molecule has 204 valence electrons. The quantitative estimate of drug-likeness (QED) is 0.177. The van der Waals surface area contributed by atoms with Gasteiger partial charge in [0.25, 0.3) is 11.6 Å². The fourth-order valence-corrected chi connectivity index (χ4v) is 5.57. The molecule has 2 aliphatic rings. The lowest BCUT2D eigenvalue weighted by Gasteiger charge is -2.47. The number of nitro benzene ring substituents is 1. The third-order valence-electron chi connectivity index (χ3n) is 6.48. The van der Waals surface area contributed by atoms with Crippen molar-refractivity contribution in [3.63, 3.8) is 0 Å². The molecule has 1 N–H and O–H groups in total. The molecule has 0 aliphatic carbocycles. The maximum absolute atomic E-state index is 13.1. The van der Waals surface area contributed by atoms with Gasteiger partial charge in [0, 0.05) is 17.9 Å². The first-order valence-corrected chi connectivity index (χ1v) is 13.5. The van der Waals surface area contributed by atoms with Crippen molar-refractivity contribution in [2.24, 2.45) is 0 Å². The predicted molar refractivity (Wildman–Crippen MR) is 148 cm³/mol. The van der Waals surface area contributed by atoms with E-state index in [4.69, 9.17) is 9.47 Å². The SMILES string of the molecule is Cc1cccc(OC2C(=O)N3C(C(=O)OCc4ccc([N+](=O)[O-])cc4)=CCS[C@H]23)c1NC(=O)Cc1ccccc1. The van der Waals surface area contributed by atoms with Gasteiger partial charge >= 0.3 is 5.97 Å². The molecule has 1 fully saturated rings. The second-order valence-electron chi connectivity index (χ2n) is 9.22. The van der Waals surface area contributed by atoms with Crippen LogP contribution in [0.15, 0.2) is 84.6 Å². The predicted octanol–water partition coefficient (Wildman–Crippen LogP) is 4.37. The van der Waals surface area contributed by atoms with Gasteiger partial charge < -0.3 is 14.8 Å². The van der Waals surface area contributed by atoms with E-state index in [1.54, 1.807) is 18.2 Å². The highest BCUT2D eigenvalue weighted by atomic mass is 32.2. The normalized spacial score (nSPS) is 17.7. The van der Waals surface area contributed by atoms with Crippen LogP contribution in [0.4, 0.5) is 11.4 Å². The minimum atomic E-state index is -0.845. The van der Waals surface area contributed by atoms with Crippen molar-refractivity contribution in [1.29, 1.82) is 0 Å². The Kier molecular flexibility index (Phi) is 7.83. The maximum atomic E-state index is 13.1. The summed E-state index contributed by atoms with van der Waals surface area (Å²) in [4.78, 5) is 50.4. The molecule has 3 aromatic rings.